The zero-order valence-corrected chi connectivity index (χ0v) is 29.7. The molecule has 0 aliphatic heterocycles. The van der Waals surface area contributed by atoms with Crippen molar-refractivity contribution in [3.05, 3.63) is 83.1 Å². The third kappa shape index (κ3) is 10.4. The van der Waals surface area contributed by atoms with E-state index in [0.717, 1.165) is 39.0 Å². The van der Waals surface area contributed by atoms with E-state index in [4.69, 9.17) is 14.6 Å². The largest absolute Gasteiger partial charge is 1.00 e. The van der Waals surface area contributed by atoms with Gasteiger partial charge in [0.1, 0.15) is 21.3 Å². The maximum absolute atomic E-state index is 12.1. The molecule has 0 fully saturated rings. The number of carbonyl (C=O) groups excluding carboxylic acids is 3. The van der Waals surface area contributed by atoms with E-state index in [1.165, 1.54) is 29.8 Å². The number of fused-ring (bicyclic) bond motifs is 2. The van der Waals surface area contributed by atoms with E-state index in [0.29, 0.717) is 14.7 Å². The first kappa shape index (κ1) is 40.2. The van der Waals surface area contributed by atoms with Gasteiger partial charge < -0.3 is 35.4 Å². The molecule has 4 aromatic heterocycles. The minimum atomic E-state index is -0.945. The Morgan fingerprint density at radius 3 is 1.57 bits per heavy atom. The van der Waals surface area contributed by atoms with E-state index in [2.05, 4.69) is 25.3 Å². The molecule has 262 valence electrons. The number of ether oxygens (including phenoxy) is 3. The zero-order chi connectivity index (χ0) is 34.9. The van der Waals surface area contributed by atoms with E-state index < -0.39 is 5.97 Å². The number of aromatic nitrogens is 4. The summed E-state index contributed by atoms with van der Waals surface area (Å²) in [5.41, 5.74) is 3.47. The van der Waals surface area contributed by atoms with Crippen LogP contribution in [-0.2, 0) is 14.3 Å². The van der Waals surface area contributed by atoms with Crippen LogP contribution in [0, 0.1) is 0 Å². The van der Waals surface area contributed by atoms with Crippen molar-refractivity contribution in [3.63, 3.8) is 0 Å². The number of nitrogens with one attached hydrogen (secondary N) is 2. The van der Waals surface area contributed by atoms with Crippen molar-refractivity contribution in [3.8, 4) is 34.0 Å². The Morgan fingerprint density at radius 1 is 0.725 bits per heavy atom. The van der Waals surface area contributed by atoms with Gasteiger partial charge in [-0.2, -0.15) is 0 Å². The van der Waals surface area contributed by atoms with Crippen molar-refractivity contribution >= 4 is 56.3 Å². The number of hydrogen-bond acceptors (Lipinski definition) is 12. The van der Waals surface area contributed by atoms with Crippen LogP contribution in [0.2, 0.25) is 0 Å². The summed E-state index contributed by atoms with van der Waals surface area (Å²) in [5, 5.41) is 13.8. The smallest absolute Gasteiger partial charge is 0.870 e. The summed E-state index contributed by atoms with van der Waals surface area (Å²) in [5.74, 6) is -0.317. The number of esters is 1. The van der Waals surface area contributed by atoms with Crippen LogP contribution in [0.4, 0.5) is 0 Å². The molecule has 0 unspecified atom stereocenters. The van der Waals surface area contributed by atoms with Crippen LogP contribution in [0.25, 0.3) is 32.4 Å². The Bertz CT molecular complexity index is 2060. The van der Waals surface area contributed by atoms with Gasteiger partial charge in [-0.25, -0.2) is 9.97 Å². The number of thiazole rings is 2. The summed E-state index contributed by atoms with van der Waals surface area (Å²) in [7, 11) is 4.55. The maximum Gasteiger partial charge on any atom is 1.00 e. The van der Waals surface area contributed by atoms with Crippen LogP contribution < -0.4 is 39.0 Å². The van der Waals surface area contributed by atoms with Crippen molar-refractivity contribution in [2.75, 3.05) is 34.4 Å². The van der Waals surface area contributed by atoms with E-state index >= 15 is 0 Å². The van der Waals surface area contributed by atoms with E-state index in [9.17, 15) is 19.2 Å². The summed E-state index contributed by atoms with van der Waals surface area (Å²) in [4.78, 5) is 57.1. The average Bonchev–Trinajstić information content (AvgIpc) is 3.89. The number of aliphatic carboxylic acids is 1. The molecule has 2 aromatic carbocycles. The molecule has 4 heterocycles. The monoisotopic (exact) mass is 728 g/mol. The normalized spacial score (nSPS) is 10.3. The molecule has 6 aromatic rings. The van der Waals surface area contributed by atoms with Crippen LogP contribution in [0.15, 0.2) is 73.3 Å². The Kier molecular flexibility index (Phi) is 14.8. The first-order chi connectivity index (χ1) is 23.7. The predicted octanol–water partition coefficient (Wildman–Crippen LogP) is 1.47. The number of nitrogens with zero attached hydrogens (tertiary/aromatic N) is 4. The minimum Gasteiger partial charge on any atom is -0.870 e. The summed E-state index contributed by atoms with van der Waals surface area (Å²) < 4.78 is 18.6. The fraction of sp³-hybridized carbons (Fsp3) is 0.212. The number of carboxylic acid groups (broad SMARTS) is 1. The van der Waals surface area contributed by atoms with E-state index in [1.54, 1.807) is 31.0 Å². The molecular weight excluding hydrogens is 695 g/mol. The minimum absolute atomic E-state index is 0. The number of carboxylic acids is 1. The molecule has 18 heteroatoms. The number of carbonyl (C=O) groups is 4. The number of amides is 2. The van der Waals surface area contributed by atoms with Gasteiger partial charge >= 0.3 is 30.8 Å². The Hall–Kier alpha value is -5.18. The SMILES string of the molecule is COC(=O)CCNC(=O)c1cn2cc(-c3cccc(OC)c3)nc2s1.COc1cccc(-c2cn3cc(C(=O)NCCC(=O)O)sc3n2)c1.[Li+].[OH-]. The van der Waals surface area contributed by atoms with Gasteiger partial charge in [0, 0.05) is 49.0 Å². The molecule has 15 nitrogen and oxygen atoms in total. The van der Waals surface area contributed by atoms with Crippen LogP contribution >= 0.6 is 22.7 Å². The molecule has 0 radical (unpaired) electrons. The molecule has 0 saturated carbocycles. The summed E-state index contributed by atoms with van der Waals surface area (Å²) in [6.45, 7) is 0.338. The summed E-state index contributed by atoms with van der Waals surface area (Å²) in [6.07, 6.45) is 7.16. The molecule has 2 amide bonds. The number of rotatable bonds is 12. The van der Waals surface area contributed by atoms with Crippen LogP contribution in [-0.4, -0.2) is 87.5 Å². The Balaban J connectivity index is 0.000000265. The quantitative estimate of drug-likeness (QED) is 0.122. The van der Waals surface area contributed by atoms with Gasteiger partial charge in [-0.3, -0.25) is 28.0 Å². The molecule has 0 aliphatic rings. The van der Waals surface area contributed by atoms with Gasteiger partial charge in [0.2, 0.25) is 0 Å². The third-order valence-electron chi connectivity index (χ3n) is 6.96. The summed E-state index contributed by atoms with van der Waals surface area (Å²) >= 11 is 2.54. The second-order valence-electron chi connectivity index (χ2n) is 10.3. The molecule has 0 atom stereocenters. The van der Waals surface area contributed by atoms with Crippen LogP contribution in [0.1, 0.15) is 32.2 Å². The fourth-order valence-corrected chi connectivity index (χ4v) is 6.25. The van der Waals surface area contributed by atoms with Gasteiger partial charge in [-0.15, -0.1) is 0 Å². The number of methoxy groups -OCH3 is 3. The molecule has 51 heavy (non-hydrogen) atoms. The molecule has 0 bridgehead atoms. The Labute approximate surface area is 311 Å². The standard InChI is InChI=1S/C17H17N3O4S.C16H15N3O4S.Li.H2O/c1-23-12-5-3-4-11(8-12)13-9-20-10-14(25-17(20)19-13)16(22)18-7-6-15(21)24-2;1-23-11-4-2-3-10(7-11)12-8-19-9-13(24-16(19)18-12)15(22)17-6-5-14(20)21;;/h3-5,8-10H,6-7H2,1-2H3,(H,18,22);2-4,7-9H,5-6H2,1H3,(H,17,22)(H,20,21);;1H2/q;;+1;/p-1. The van der Waals surface area contributed by atoms with Gasteiger partial charge in [0.05, 0.1) is 45.6 Å². The molecule has 0 spiro atoms. The number of benzene rings is 2. The topological polar surface area (TPSA) is 205 Å². The van der Waals surface area contributed by atoms with E-state index in [1.807, 2.05) is 65.3 Å². The van der Waals surface area contributed by atoms with Gasteiger partial charge in [0.15, 0.2) is 9.92 Å². The molecule has 0 saturated heterocycles. The Morgan fingerprint density at radius 2 is 1.18 bits per heavy atom. The number of imidazole rings is 2. The second-order valence-corrected chi connectivity index (χ2v) is 12.3. The van der Waals surface area contributed by atoms with Crippen LogP contribution in [0.3, 0.4) is 0 Å². The number of hydrogen-bond donors (Lipinski definition) is 3. The van der Waals surface area contributed by atoms with E-state index in [-0.39, 0.29) is 68.1 Å². The average molecular weight is 729 g/mol. The molecule has 4 N–H and O–H groups in total. The molecular formula is C33H33LiN6O9S2. The van der Waals surface area contributed by atoms with Crippen molar-refractivity contribution < 1.29 is 62.8 Å². The first-order valence-electron chi connectivity index (χ1n) is 14.8. The third-order valence-corrected chi connectivity index (χ3v) is 8.95. The van der Waals surface area contributed by atoms with Gasteiger partial charge in [0.25, 0.3) is 11.8 Å². The predicted molar refractivity (Wildman–Crippen MR) is 186 cm³/mol. The van der Waals surface area contributed by atoms with Crippen molar-refractivity contribution in [2.45, 2.75) is 12.8 Å². The van der Waals surface area contributed by atoms with Crippen LogP contribution in [0.5, 0.6) is 11.5 Å². The van der Waals surface area contributed by atoms with Gasteiger partial charge in [-0.1, -0.05) is 46.9 Å². The molecule has 0 aliphatic carbocycles. The first-order valence-corrected chi connectivity index (χ1v) is 16.4. The van der Waals surface area contributed by atoms with Crippen molar-refractivity contribution in [1.29, 1.82) is 0 Å². The fourth-order valence-electron chi connectivity index (χ4n) is 4.48. The zero-order valence-electron chi connectivity index (χ0n) is 28.1. The van der Waals surface area contributed by atoms with Crippen molar-refractivity contribution in [1.82, 2.24) is 29.4 Å². The summed E-state index contributed by atoms with van der Waals surface area (Å²) in [6, 6.07) is 15.2. The van der Waals surface area contributed by atoms with Gasteiger partial charge in [-0.05, 0) is 24.3 Å². The molecule has 6 rings (SSSR count). The second kappa shape index (κ2) is 18.7. The van der Waals surface area contributed by atoms with Crippen molar-refractivity contribution in [2.24, 2.45) is 0 Å². The maximum atomic E-state index is 12.1.